The summed E-state index contributed by atoms with van der Waals surface area (Å²) in [6.45, 7) is 6.40. The maximum Gasteiger partial charge on any atom is 0.222 e. The summed E-state index contributed by atoms with van der Waals surface area (Å²) in [7, 11) is 0. The van der Waals surface area contributed by atoms with Crippen LogP contribution in [0, 0.1) is 11.3 Å². The van der Waals surface area contributed by atoms with Crippen LogP contribution in [-0.4, -0.2) is 29.9 Å². The molecule has 1 heterocycles. The van der Waals surface area contributed by atoms with Crippen LogP contribution in [0.1, 0.15) is 58.8 Å². The summed E-state index contributed by atoms with van der Waals surface area (Å²) in [5.74, 6) is 0.765. The van der Waals surface area contributed by atoms with Crippen molar-refractivity contribution in [3.63, 3.8) is 0 Å². The fourth-order valence-corrected chi connectivity index (χ4v) is 3.48. The van der Waals surface area contributed by atoms with E-state index < -0.39 is 0 Å². The molecular formula is C15H28N2O. The largest absolute Gasteiger partial charge is 0.342 e. The molecule has 1 aliphatic heterocycles. The fourth-order valence-electron chi connectivity index (χ4n) is 3.48. The van der Waals surface area contributed by atoms with Gasteiger partial charge in [0.05, 0.1) is 0 Å². The lowest BCUT2D eigenvalue weighted by atomic mass is 9.81. The second-order valence-electron chi connectivity index (χ2n) is 7.00. The number of nitrogens with zero attached hydrogens (tertiary/aromatic N) is 1. The van der Waals surface area contributed by atoms with E-state index in [0.717, 1.165) is 32.4 Å². The number of amides is 1. The Morgan fingerprint density at radius 1 is 1.28 bits per heavy atom. The zero-order chi connectivity index (χ0) is 13.2. The molecule has 0 aromatic carbocycles. The quantitative estimate of drug-likeness (QED) is 0.821. The number of hydrogen-bond donors (Lipinski definition) is 1. The van der Waals surface area contributed by atoms with E-state index in [2.05, 4.69) is 18.7 Å². The van der Waals surface area contributed by atoms with E-state index in [9.17, 15) is 4.79 Å². The van der Waals surface area contributed by atoms with Crippen LogP contribution in [0.15, 0.2) is 0 Å². The predicted octanol–water partition coefficient (Wildman–Crippen LogP) is 2.54. The van der Waals surface area contributed by atoms with Crippen LogP contribution >= 0.6 is 0 Å². The lowest BCUT2D eigenvalue weighted by Gasteiger charge is -2.39. The average Bonchev–Trinajstić information content (AvgIpc) is 2.31. The van der Waals surface area contributed by atoms with Gasteiger partial charge in [-0.25, -0.2) is 0 Å². The molecule has 0 radical (unpaired) electrons. The minimum atomic E-state index is 0.250. The SMILES string of the molecule is CC1(C)CCCN(C(=O)CC2CCCCC2N)C1. The Balaban J connectivity index is 1.87. The first-order valence-electron chi connectivity index (χ1n) is 7.51. The number of nitrogens with two attached hydrogens (primary N) is 1. The summed E-state index contributed by atoms with van der Waals surface area (Å²) < 4.78 is 0. The van der Waals surface area contributed by atoms with Crippen molar-refractivity contribution in [1.82, 2.24) is 4.90 Å². The molecule has 1 saturated heterocycles. The molecule has 0 spiro atoms. The Bertz CT molecular complexity index is 301. The van der Waals surface area contributed by atoms with Gasteiger partial charge in [0.15, 0.2) is 0 Å². The normalized spacial score (nSPS) is 32.3. The molecule has 1 amide bonds. The van der Waals surface area contributed by atoms with Gasteiger partial charge in [0, 0.05) is 25.6 Å². The van der Waals surface area contributed by atoms with Crippen LogP contribution in [0.4, 0.5) is 0 Å². The number of likely N-dealkylation sites (tertiary alicyclic amines) is 1. The van der Waals surface area contributed by atoms with Crippen molar-refractivity contribution in [3.05, 3.63) is 0 Å². The molecule has 2 N–H and O–H groups in total. The molecule has 3 nitrogen and oxygen atoms in total. The van der Waals surface area contributed by atoms with Gasteiger partial charge >= 0.3 is 0 Å². The zero-order valence-corrected chi connectivity index (χ0v) is 12.0. The van der Waals surface area contributed by atoms with Gasteiger partial charge in [-0.2, -0.15) is 0 Å². The highest BCUT2D eigenvalue weighted by Gasteiger charge is 2.31. The third-order valence-corrected chi connectivity index (χ3v) is 4.66. The standard InChI is InChI=1S/C15H28N2O/c1-15(2)8-5-9-17(11-15)14(18)10-12-6-3-4-7-13(12)16/h12-13H,3-11,16H2,1-2H3. The Labute approximate surface area is 111 Å². The van der Waals surface area contributed by atoms with Crippen molar-refractivity contribution in [2.45, 2.75) is 64.8 Å². The summed E-state index contributed by atoms with van der Waals surface area (Å²) >= 11 is 0. The van der Waals surface area contributed by atoms with Crippen molar-refractivity contribution in [1.29, 1.82) is 0 Å². The number of carbonyl (C=O) groups is 1. The third kappa shape index (κ3) is 3.47. The van der Waals surface area contributed by atoms with E-state index in [1.54, 1.807) is 0 Å². The minimum absolute atomic E-state index is 0.250. The Hall–Kier alpha value is -0.570. The summed E-state index contributed by atoms with van der Waals surface area (Å²) in [4.78, 5) is 14.4. The number of piperidine rings is 1. The van der Waals surface area contributed by atoms with Crippen LogP contribution in [0.3, 0.4) is 0 Å². The lowest BCUT2D eigenvalue weighted by Crippen LogP contribution is -2.45. The number of carbonyl (C=O) groups excluding carboxylic acids is 1. The molecule has 2 aliphatic rings. The molecule has 2 rings (SSSR count). The zero-order valence-electron chi connectivity index (χ0n) is 12.0. The predicted molar refractivity (Wildman–Crippen MR) is 74.1 cm³/mol. The third-order valence-electron chi connectivity index (χ3n) is 4.66. The van der Waals surface area contributed by atoms with Crippen LogP contribution in [0.25, 0.3) is 0 Å². The van der Waals surface area contributed by atoms with Crippen molar-refractivity contribution >= 4 is 5.91 Å². The topological polar surface area (TPSA) is 46.3 Å². The summed E-state index contributed by atoms with van der Waals surface area (Å²) in [6, 6.07) is 0.250. The highest BCUT2D eigenvalue weighted by atomic mass is 16.2. The second kappa shape index (κ2) is 5.60. The smallest absolute Gasteiger partial charge is 0.222 e. The number of rotatable bonds is 2. The van der Waals surface area contributed by atoms with E-state index in [1.807, 2.05) is 0 Å². The molecule has 0 aromatic heterocycles. The van der Waals surface area contributed by atoms with Crippen LogP contribution in [-0.2, 0) is 4.79 Å². The average molecular weight is 252 g/mol. The molecule has 2 atom stereocenters. The Morgan fingerprint density at radius 3 is 2.67 bits per heavy atom. The molecule has 1 saturated carbocycles. The van der Waals surface area contributed by atoms with Crippen molar-refractivity contribution in [2.24, 2.45) is 17.1 Å². The van der Waals surface area contributed by atoms with Crippen LogP contribution in [0.5, 0.6) is 0 Å². The summed E-state index contributed by atoms with van der Waals surface area (Å²) in [6.07, 6.45) is 7.79. The van der Waals surface area contributed by atoms with Gasteiger partial charge in [-0.3, -0.25) is 4.79 Å². The van der Waals surface area contributed by atoms with Crippen molar-refractivity contribution < 1.29 is 4.79 Å². The monoisotopic (exact) mass is 252 g/mol. The van der Waals surface area contributed by atoms with E-state index in [1.165, 1.54) is 19.3 Å². The first-order chi connectivity index (χ1) is 8.48. The van der Waals surface area contributed by atoms with Crippen molar-refractivity contribution in [3.8, 4) is 0 Å². The van der Waals surface area contributed by atoms with Gasteiger partial charge in [-0.05, 0) is 37.0 Å². The molecule has 2 unspecified atom stereocenters. The molecule has 0 bridgehead atoms. The lowest BCUT2D eigenvalue weighted by molar-refractivity contribution is -0.135. The maximum atomic E-state index is 12.4. The van der Waals surface area contributed by atoms with Gasteiger partial charge in [0.1, 0.15) is 0 Å². The van der Waals surface area contributed by atoms with Crippen molar-refractivity contribution in [2.75, 3.05) is 13.1 Å². The van der Waals surface area contributed by atoms with Gasteiger partial charge in [-0.15, -0.1) is 0 Å². The molecule has 1 aliphatic carbocycles. The van der Waals surface area contributed by atoms with Gasteiger partial charge in [0.25, 0.3) is 0 Å². The molecule has 2 fully saturated rings. The summed E-state index contributed by atoms with van der Waals surface area (Å²) in [5, 5.41) is 0. The van der Waals surface area contributed by atoms with E-state index in [0.29, 0.717) is 23.7 Å². The molecule has 18 heavy (non-hydrogen) atoms. The van der Waals surface area contributed by atoms with E-state index in [-0.39, 0.29) is 6.04 Å². The molecule has 3 heteroatoms. The van der Waals surface area contributed by atoms with Crippen LogP contribution < -0.4 is 5.73 Å². The van der Waals surface area contributed by atoms with Gasteiger partial charge < -0.3 is 10.6 Å². The van der Waals surface area contributed by atoms with Gasteiger partial charge in [-0.1, -0.05) is 26.7 Å². The number of hydrogen-bond acceptors (Lipinski definition) is 2. The highest BCUT2D eigenvalue weighted by molar-refractivity contribution is 5.76. The molecule has 0 aromatic rings. The van der Waals surface area contributed by atoms with E-state index in [4.69, 9.17) is 5.73 Å². The Morgan fingerprint density at radius 2 is 2.00 bits per heavy atom. The first-order valence-corrected chi connectivity index (χ1v) is 7.51. The van der Waals surface area contributed by atoms with Gasteiger partial charge in [0.2, 0.25) is 5.91 Å². The Kier molecular flexibility index (Phi) is 4.31. The highest BCUT2D eigenvalue weighted by Crippen LogP contribution is 2.31. The van der Waals surface area contributed by atoms with Crippen LogP contribution in [0.2, 0.25) is 0 Å². The first kappa shape index (κ1) is 13.9. The fraction of sp³-hybridized carbons (Fsp3) is 0.933. The summed E-state index contributed by atoms with van der Waals surface area (Å²) in [5.41, 5.74) is 6.43. The van der Waals surface area contributed by atoms with E-state index >= 15 is 0 Å². The second-order valence-corrected chi connectivity index (χ2v) is 7.00. The minimum Gasteiger partial charge on any atom is -0.342 e. The molecule has 104 valence electrons. The molecular weight excluding hydrogens is 224 g/mol. The maximum absolute atomic E-state index is 12.4.